The first-order valence-corrected chi connectivity index (χ1v) is 6.04. The molecule has 0 aliphatic carbocycles. The van der Waals surface area contributed by atoms with E-state index in [4.69, 9.17) is 23.2 Å². The summed E-state index contributed by atoms with van der Waals surface area (Å²) in [5.41, 5.74) is 0.974. The molecule has 2 rings (SSSR count). The second-order valence-corrected chi connectivity index (χ2v) is 5.22. The van der Waals surface area contributed by atoms with Gasteiger partial charge in [-0.3, -0.25) is 9.59 Å². The van der Waals surface area contributed by atoms with Crippen molar-refractivity contribution in [2.24, 2.45) is 0 Å². The molecule has 1 heterocycles. The molecule has 0 saturated carbocycles. The Morgan fingerprint density at radius 3 is 2.65 bits per heavy atom. The molecule has 0 radical (unpaired) electrons. The summed E-state index contributed by atoms with van der Waals surface area (Å²) >= 11 is 11.5. The summed E-state index contributed by atoms with van der Waals surface area (Å²) in [5, 5.41) is 3.15. The number of amides is 1. The van der Waals surface area contributed by atoms with Gasteiger partial charge in [0.15, 0.2) is 5.78 Å². The maximum Gasteiger partial charge on any atom is 0.234 e. The average Bonchev–Trinajstić information content (AvgIpc) is 2.50. The predicted octanol–water partition coefficient (Wildman–Crippen LogP) is 2.99. The van der Waals surface area contributed by atoms with Crippen molar-refractivity contribution in [3.63, 3.8) is 0 Å². The number of carbonyl (C=O) groups excluding carboxylic acids is 2. The second-order valence-electron chi connectivity index (χ2n) is 4.51. The minimum Gasteiger partial charge on any atom is -0.324 e. The van der Waals surface area contributed by atoms with Crippen molar-refractivity contribution in [3.05, 3.63) is 28.3 Å². The Balaban J connectivity index is 2.69. The van der Waals surface area contributed by atoms with Gasteiger partial charge in [0.1, 0.15) is 0 Å². The molecule has 0 spiro atoms. The van der Waals surface area contributed by atoms with Gasteiger partial charge in [0, 0.05) is 10.6 Å². The van der Waals surface area contributed by atoms with Gasteiger partial charge in [-0.15, -0.1) is 11.6 Å². The minimum absolute atomic E-state index is 0.136. The summed E-state index contributed by atoms with van der Waals surface area (Å²) in [6, 6.07) is 3.24. The summed E-state index contributed by atoms with van der Waals surface area (Å²) < 4.78 is 0. The fourth-order valence-corrected chi connectivity index (χ4v) is 2.28. The summed E-state index contributed by atoms with van der Waals surface area (Å²) in [5.74, 6) is -0.523. The Hall–Kier alpha value is -1.06. The molecule has 0 fully saturated rings. The maximum atomic E-state index is 11.8. The molecule has 1 aliphatic rings. The highest BCUT2D eigenvalue weighted by molar-refractivity contribution is 6.34. The van der Waals surface area contributed by atoms with Crippen molar-refractivity contribution in [2.75, 3.05) is 11.2 Å². The van der Waals surface area contributed by atoms with Crippen molar-refractivity contribution < 1.29 is 9.59 Å². The normalized spacial score (nSPS) is 16.6. The first-order valence-electron chi connectivity index (χ1n) is 5.12. The van der Waals surface area contributed by atoms with Gasteiger partial charge in [-0.05, 0) is 31.5 Å². The Bertz CT molecular complexity index is 523. The number of fused-ring (bicyclic) bond motifs is 1. The average molecular weight is 272 g/mol. The number of hydrogen-bond acceptors (Lipinski definition) is 2. The third-order valence-electron chi connectivity index (χ3n) is 3.00. The van der Waals surface area contributed by atoms with E-state index in [1.807, 2.05) is 0 Å². The molecule has 1 aliphatic heterocycles. The van der Waals surface area contributed by atoms with Crippen molar-refractivity contribution in [1.82, 2.24) is 0 Å². The molecule has 1 aromatic carbocycles. The van der Waals surface area contributed by atoms with Crippen LogP contribution < -0.4 is 5.32 Å². The standard InChI is InChI=1S/C12H11Cl2NO2/c1-12(2)8-4-6(14)3-7(9(16)5-13)10(8)15-11(12)17/h3-4H,5H2,1-2H3,(H,15,17). The summed E-state index contributed by atoms with van der Waals surface area (Å²) in [4.78, 5) is 23.5. The molecule has 3 nitrogen and oxygen atoms in total. The van der Waals surface area contributed by atoms with Gasteiger partial charge in [0.05, 0.1) is 17.0 Å². The molecule has 0 bridgehead atoms. The second kappa shape index (κ2) is 4.00. The van der Waals surface area contributed by atoms with E-state index in [2.05, 4.69) is 5.32 Å². The molecule has 1 N–H and O–H groups in total. The number of Topliss-reactive ketones (excluding diaryl/α,β-unsaturated/α-hetero) is 1. The SMILES string of the molecule is CC1(C)C(=O)Nc2c(C(=O)CCl)cc(Cl)cc21. The number of carbonyl (C=O) groups is 2. The van der Waals surface area contributed by atoms with E-state index >= 15 is 0 Å². The monoisotopic (exact) mass is 271 g/mol. The van der Waals surface area contributed by atoms with E-state index in [1.54, 1.807) is 19.9 Å². The van der Waals surface area contributed by atoms with Crippen molar-refractivity contribution in [2.45, 2.75) is 19.3 Å². The lowest BCUT2D eigenvalue weighted by Gasteiger charge is -2.15. The molecule has 0 saturated heterocycles. The first kappa shape index (κ1) is 12.4. The minimum atomic E-state index is -0.679. The maximum absolute atomic E-state index is 11.8. The lowest BCUT2D eigenvalue weighted by molar-refractivity contribution is -0.119. The van der Waals surface area contributed by atoms with E-state index in [1.165, 1.54) is 6.07 Å². The topological polar surface area (TPSA) is 46.2 Å². The predicted molar refractivity (Wildman–Crippen MR) is 68.2 cm³/mol. The number of alkyl halides is 1. The molecule has 5 heteroatoms. The molecule has 1 amide bonds. The Kier molecular flexibility index (Phi) is 2.92. The van der Waals surface area contributed by atoms with E-state index < -0.39 is 5.41 Å². The molecular weight excluding hydrogens is 261 g/mol. The quantitative estimate of drug-likeness (QED) is 0.664. The number of benzene rings is 1. The molecule has 90 valence electrons. The molecule has 1 aromatic rings. The van der Waals surface area contributed by atoms with Gasteiger partial charge < -0.3 is 5.32 Å². The van der Waals surface area contributed by atoms with Gasteiger partial charge in [-0.25, -0.2) is 0 Å². The van der Waals surface area contributed by atoms with E-state index in [9.17, 15) is 9.59 Å². The van der Waals surface area contributed by atoms with Crippen LogP contribution in [0.2, 0.25) is 5.02 Å². The summed E-state index contributed by atoms with van der Waals surface area (Å²) in [6.07, 6.45) is 0. The van der Waals surface area contributed by atoms with E-state index in [0.717, 1.165) is 5.56 Å². The zero-order chi connectivity index (χ0) is 12.8. The number of halogens is 2. The fourth-order valence-electron chi connectivity index (χ4n) is 1.92. The van der Waals surface area contributed by atoms with Gasteiger partial charge in [0.25, 0.3) is 0 Å². The van der Waals surface area contributed by atoms with Crippen LogP contribution in [0, 0.1) is 0 Å². The first-order chi connectivity index (χ1) is 7.87. The number of hydrogen-bond donors (Lipinski definition) is 1. The van der Waals surface area contributed by atoms with E-state index in [-0.39, 0.29) is 17.6 Å². The van der Waals surface area contributed by atoms with Crippen LogP contribution in [0.4, 0.5) is 5.69 Å². The summed E-state index contributed by atoms with van der Waals surface area (Å²) in [7, 11) is 0. The van der Waals surface area contributed by atoms with Gasteiger partial charge >= 0.3 is 0 Å². The fraction of sp³-hybridized carbons (Fsp3) is 0.333. The zero-order valence-electron chi connectivity index (χ0n) is 9.43. The zero-order valence-corrected chi connectivity index (χ0v) is 10.9. The number of ketones is 1. The Morgan fingerprint density at radius 1 is 1.41 bits per heavy atom. The third kappa shape index (κ3) is 1.83. The largest absolute Gasteiger partial charge is 0.324 e. The lowest BCUT2D eigenvalue weighted by Crippen LogP contribution is -2.26. The van der Waals surface area contributed by atoms with Crippen LogP contribution in [-0.2, 0) is 10.2 Å². The van der Waals surface area contributed by atoms with Crippen LogP contribution in [0.25, 0.3) is 0 Å². The molecule has 17 heavy (non-hydrogen) atoms. The van der Waals surface area contributed by atoms with Gasteiger partial charge in [-0.1, -0.05) is 11.6 Å². The lowest BCUT2D eigenvalue weighted by atomic mass is 9.85. The molecular formula is C12H11Cl2NO2. The van der Waals surface area contributed by atoms with Crippen LogP contribution in [0.3, 0.4) is 0 Å². The number of rotatable bonds is 2. The number of anilines is 1. The third-order valence-corrected chi connectivity index (χ3v) is 3.47. The van der Waals surface area contributed by atoms with Crippen LogP contribution in [0.1, 0.15) is 29.8 Å². The van der Waals surface area contributed by atoms with Gasteiger partial charge in [-0.2, -0.15) is 0 Å². The van der Waals surface area contributed by atoms with E-state index in [0.29, 0.717) is 16.3 Å². The molecule has 0 aromatic heterocycles. The summed E-state index contributed by atoms with van der Waals surface area (Å²) in [6.45, 7) is 3.58. The Morgan fingerprint density at radius 2 is 2.06 bits per heavy atom. The Labute approximate surface area is 109 Å². The highest BCUT2D eigenvalue weighted by Crippen LogP contribution is 2.41. The van der Waals surface area contributed by atoms with Crippen molar-refractivity contribution >= 4 is 40.6 Å². The molecule has 0 atom stereocenters. The molecule has 0 unspecified atom stereocenters. The highest BCUT2D eigenvalue weighted by atomic mass is 35.5. The van der Waals surface area contributed by atoms with Crippen molar-refractivity contribution in [3.8, 4) is 0 Å². The van der Waals surface area contributed by atoms with Crippen LogP contribution >= 0.6 is 23.2 Å². The highest BCUT2D eigenvalue weighted by Gasteiger charge is 2.40. The van der Waals surface area contributed by atoms with Gasteiger partial charge in [0.2, 0.25) is 5.91 Å². The van der Waals surface area contributed by atoms with Crippen LogP contribution in [-0.4, -0.2) is 17.6 Å². The smallest absolute Gasteiger partial charge is 0.234 e. The van der Waals surface area contributed by atoms with Crippen LogP contribution in [0.15, 0.2) is 12.1 Å². The number of nitrogens with one attached hydrogen (secondary N) is 1. The van der Waals surface area contributed by atoms with Crippen LogP contribution in [0.5, 0.6) is 0 Å². The van der Waals surface area contributed by atoms with Crippen molar-refractivity contribution in [1.29, 1.82) is 0 Å².